The first kappa shape index (κ1) is 9.26. The molecule has 1 aromatic heterocycles. The molecule has 0 atom stereocenters. The summed E-state index contributed by atoms with van der Waals surface area (Å²) in [4.78, 5) is 7.93. The van der Waals surface area contributed by atoms with E-state index in [4.69, 9.17) is 0 Å². The fourth-order valence-electron chi connectivity index (χ4n) is 0.659. The van der Waals surface area contributed by atoms with Gasteiger partial charge in [0.05, 0.1) is 10.1 Å². The van der Waals surface area contributed by atoms with Gasteiger partial charge in [0.15, 0.2) is 0 Å². The van der Waals surface area contributed by atoms with Gasteiger partial charge in [-0.3, -0.25) is 0 Å². The van der Waals surface area contributed by atoms with Crippen molar-refractivity contribution in [2.45, 2.75) is 6.92 Å². The molecule has 1 rings (SSSR count). The van der Waals surface area contributed by atoms with Crippen molar-refractivity contribution in [3.63, 3.8) is 0 Å². The van der Waals surface area contributed by atoms with E-state index < -0.39 is 0 Å². The van der Waals surface area contributed by atoms with E-state index in [-0.39, 0.29) is 0 Å². The van der Waals surface area contributed by atoms with Crippen LogP contribution in [0.25, 0.3) is 0 Å². The number of rotatable bonds is 2. The number of aromatic nitrogens is 2. The Balaban J connectivity index is 2.61. The highest BCUT2D eigenvalue weighted by molar-refractivity contribution is 14.1. The molecule has 0 unspecified atom stereocenters. The number of nitrogens with zero attached hydrogens (tertiary/aromatic N) is 2. The van der Waals surface area contributed by atoms with Crippen molar-refractivity contribution in [1.82, 2.24) is 9.97 Å². The molecule has 1 aromatic rings. The van der Waals surface area contributed by atoms with Crippen LogP contribution in [0.15, 0.2) is 12.5 Å². The molecule has 0 aliphatic rings. The third-order valence-electron chi connectivity index (χ3n) is 1.19. The molecule has 0 radical (unpaired) electrons. The zero-order valence-electron chi connectivity index (χ0n) is 6.63. The Morgan fingerprint density at radius 2 is 2.50 bits per heavy atom. The maximum Gasteiger partial charge on any atom is 0.143 e. The number of anilines is 1. The van der Waals surface area contributed by atoms with Crippen LogP contribution in [0.4, 0.5) is 5.82 Å². The van der Waals surface area contributed by atoms with E-state index in [9.17, 15) is 0 Å². The normalized spacial score (nSPS) is 8.50. The topological polar surface area (TPSA) is 37.8 Å². The van der Waals surface area contributed by atoms with Gasteiger partial charge < -0.3 is 5.32 Å². The van der Waals surface area contributed by atoms with Crippen molar-refractivity contribution in [2.75, 3.05) is 11.9 Å². The predicted octanol–water partition coefficient (Wildman–Crippen LogP) is 1.52. The molecule has 62 valence electrons. The first-order chi connectivity index (χ1) is 5.84. The Morgan fingerprint density at radius 1 is 1.67 bits per heavy atom. The SMILES string of the molecule is CC#CCNc1ncncc1I. The summed E-state index contributed by atoms with van der Waals surface area (Å²) in [6.45, 7) is 2.44. The average molecular weight is 273 g/mol. The highest BCUT2D eigenvalue weighted by Crippen LogP contribution is 2.11. The van der Waals surface area contributed by atoms with Crippen molar-refractivity contribution in [1.29, 1.82) is 0 Å². The fraction of sp³-hybridized carbons (Fsp3) is 0.250. The molecule has 0 bridgehead atoms. The lowest BCUT2D eigenvalue weighted by molar-refractivity contribution is 1.13. The second kappa shape index (κ2) is 4.93. The quantitative estimate of drug-likeness (QED) is 0.655. The van der Waals surface area contributed by atoms with Crippen LogP contribution in [0.5, 0.6) is 0 Å². The number of halogens is 1. The summed E-state index contributed by atoms with van der Waals surface area (Å²) in [5, 5.41) is 3.08. The summed E-state index contributed by atoms with van der Waals surface area (Å²) in [6.07, 6.45) is 3.28. The minimum absolute atomic E-state index is 0.628. The van der Waals surface area contributed by atoms with Crippen LogP contribution in [0.1, 0.15) is 6.92 Å². The van der Waals surface area contributed by atoms with Crippen LogP contribution >= 0.6 is 22.6 Å². The third kappa shape index (κ3) is 2.66. The van der Waals surface area contributed by atoms with Crippen molar-refractivity contribution < 1.29 is 0 Å². The molecule has 0 saturated carbocycles. The summed E-state index contributed by atoms with van der Waals surface area (Å²) in [5.74, 6) is 6.54. The van der Waals surface area contributed by atoms with E-state index in [0.717, 1.165) is 9.39 Å². The largest absolute Gasteiger partial charge is 0.358 e. The molecule has 12 heavy (non-hydrogen) atoms. The van der Waals surface area contributed by atoms with Crippen molar-refractivity contribution in [3.8, 4) is 11.8 Å². The average Bonchev–Trinajstić information content (AvgIpc) is 2.09. The predicted molar refractivity (Wildman–Crippen MR) is 56.7 cm³/mol. The lowest BCUT2D eigenvalue weighted by atomic mass is 10.5. The van der Waals surface area contributed by atoms with Gasteiger partial charge in [-0.1, -0.05) is 5.92 Å². The van der Waals surface area contributed by atoms with E-state index in [0.29, 0.717) is 6.54 Å². The van der Waals surface area contributed by atoms with Gasteiger partial charge in [0.25, 0.3) is 0 Å². The molecular formula is C8H8IN3. The number of nitrogens with one attached hydrogen (secondary N) is 1. The molecule has 0 aliphatic carbocycles. The molecule has 1 N–H and O–H groups in total. The summed E-state index contributed by atoms with van der Waals surface area (Å²) < 4.78 is 1.01. The van der Waals surface area contributed by atoms with Gasteiger partial charge in [-0.05, 0) is 29.5 Å². The minimum Gasteiger partial charge on any atom is -0.358 e. The van der Waals surface area contributed by atoms with E-state index >= 15 is 0 Å². The third-order valence-corrected chi connectivity index (χ3v) is 1.98. The van der Waals surface area contributed by atoms with Gasteiger partial charge >= 0.3 is 0 Å². The first-order valence-corrected chi connectivity index (χ1v) is 4.51. The van der Waals surface area contributed by atoms with Crippen LogP contribution in [-0.4, -0.2) is 16.5 Å². The Labute approximate surface area is 85.1 Å². The highest BCUT2D eigenvalue weighted by atomic mass is 127. The Bertz CT molecular complexity index is 314. The Kier molecular flexibility index (Phi) is 3.80. The van der Waals surface area contributed by atoms with Gasteiger partial charge in [0.2, 0.25) is 0 Å². The summed E-state index contributed by atoms with van der Waals surface area (Å²) in [5.41, 5.74) is 0. The van der Waals surface area contributed by atoms with Gasteiger partial charge in [0.1, 0.15) is 12.1 Å². The summed E-state index contributed by atoms with van der Waals surface area (Å²) >= 11 is 2.18. The number of hydrogen-bond acceptors (Lipinski definition) is 3. The Hall–Kier alpha value is -0.830. The second-order valence-electron chi connectivity index (χ2n) is 2.00. The van der Waals surface area contributed by atoms with Crippen LogP contribution in [0.2, 0.25) is 0 Å². The van der Waals surface area contributed by atoms with Crippen LogP contribution in [-0.2, 0) is 0 Å². The van der Waals surface area contributed by atoms with E-state index in [1.165, 1.54) is 6.33 Å². The van der Waals surface area contributed by atoms with E-state index in [1.54, 1.807) is 6.20 Å². The first-order valence-electron chi connectivity index (χ1n) is 3.43. The Morgan fingerprint density at radius 3 is 3.17 bits per heavy atom. The van der Waals surface area contributed by atoms with Crippen LogP contribution in [0, 0.1) is 15.4 Å². The maximum absolute atomic E-state index is 4.05. The second-order valence-corrected chi connectivity index (χ2v) is 3.16. The van der Waals surface area contributed by atoms with Crippen molar-refractivity contribution >= 4 is 28.4 Å². The van der Waals surface area contributed by atoms with Gasteiger partial charge in [0, 0.05) is 6.20 Å². The minimum atomic E-state index is 0.628. The van der Waals surface area contributed by atoms with Crippen molar-refractivity contribution in [2.24, 2.45) is 0 Å². The summed E-state index contributed by atoms with van der Waals surface area (Å²) in [6, 6.07) is 0. The lowest BCUT2D eigenvalue weighted by Crippen LogP contribution is -2.02. The van der Waals surface area contributed by atoms with E-state index in [1.807, 2.05) is 6.92 Å². The molecule has 0 spiro atoms. The van der Waals surface area contributed by atoms with Gasteiger partial charge in [-0.15, -0.1) is 5.92 Å². The molecule has 0 saturated heterocycles. The van der Waals surface area contributed by atoms with Crippen LogP contribution < -0.4 is 5.32 Å². The maximum atomic E-state index is 4.05. The van der Waals surface area contributed by atoms with Crippen LogP contribution in [0.3, 0.4) is 0 Å². The van der Waals surface area contributed by atoms with Crippen molar-refractivity contribution in [3.05, 3.63) is 16.1 Å². The standard InChI is InChI=1S/C8H8IN3/c1-2-3-4-11-8-7(9)5-10-6-12-8/h5-6H,4H2,1H3,(H,10,11,12). The van der Waals surface area contributed by atoms with Gasteiger partial charge in [-0.25, -0.2) is 9.97 Å². The fourth-order valence-corrected chi connectivity index (χ4v) is 1.15. The molecule has 0 fully saturated rings. The lowest BCUT2D eigenvalue weighted by Gasteiger charge is -2.01. The molecule has 1 heterocycles. The molecule has 0 amide bonds. The zero-order chi connectivity index (χ0) is 8.81. The molecule has 0 aromatic carbocycles. The number of hydrogen-bond donors (Lipinski definition) is 1. The molecule has 4 heteroatoms. The van der Waals surface area contributed by atoms with Gasteiger partial charge in [-0.2, -0.15) is 0 Å². The smallest absolute Gasteiger partial charge is 0.143 e. The highest BCUT2D eigenvalue weighted by Gasteiger charge is 1.96. The molecular weight excluding hydrogens is 265 g/mol. The summed E-state index contributed by atoms with van der Waals surface area (Å²) in [7, 11) is 0. The van der Waals surface area contributed by atoms with E-state index in [2.05, 4.69) is 49.7 Å². The molecule has 3 nitrogen and oxygen atoms in total. The molecule has 0 aliphatic heterocycles. The zero-order valence-corrected chi connectivity index (χ0v) is 8.79. The monoisotopic (exact) mass is 273 g/mol.